The largest absolute Gasteiger partial charge is 0.350 e. The zero-order chi connectivity index (χ0) is 23.7. The molecule has 3 aromatic rings. The van der Waals surface area contributed by atoms with Crippen LogP contribution in [0.4, 0.5) is 17.1 Å². The topological polar surface area (TPSA) is 78.5 Å². The normalized spacial score (nSPS) is 13.5. The average molecular weight is 566 g/mol. The second-order valence-corrected chi connectivity index (χ2v) is 8.95. The minimum atomic E-state index is -0.723. The van der Waals surface area contributed by atoms with Gasteiger partial charge < -0.3 is 10.6 Å². The Bertz CT molecular complexity index is 1310. The van der Waals surface area contributed by atoms with Gasteiger partial charge in [-0.1, -0.05) is 56.8 Å². The molecule has 0 aliphatic carbocycles. The number of anilines is 3. The highest BCUT2D eigenvalue weighted by Gasteiger charge is 2.40. The third-order valence-corrected chi connectivity index (χ3v) is 6.41. The Hall–Kier alpha value is -2.84. The lowest BCUT2D eigenvalue weighted by Gasteiger charge is -2.17. The molecule has 1 heterocycles. The van der Waals surface area contributed by atoms with Crippen molar-refractivity contribution in [2.24, 2.45) is 0 Å². The first-order valence-corrected chi connectivity index (χ1v) is 11.4. The molecule has 0 bridgehead atoms. The van der Waals surface area contributed by atoms with Gasteiger partial charge in [0.05, 0.1) is 15.7 Å². The van der Waals surface area contributed by atoms with Crippen molar-refractivity contribution in [2.75, 3.05) is 15.5 Å². The van der Waals surface area contributed by atoms with Crippen molar-refractivity contribution >= 4 is 85.5 Å². The summed E-state index contributed by atoms with van der Waals surface area (Å²) in [5.41, 5.74) is 1.55. The molecule has 10 heteroatoms. The molecule has 0 spiro atoms. The number of rotatable bonds is 5. The van der Waals surface area contributed by atoms with Crippen molar-refractivity contribution in [3.8, 4) is 0 Å². The van der Waals surface area contributed by atoms with E-state index in [1.807, 2.05) is 12.1 Å². The molecule has 0 saturated heterocycles. The minimum absolute atomic E-state index is 0.0627. The van der Waals surface area contributed by atoms with Gasteiger partial charge in [0.1, 0.15) is 10.7 Å². The van der Waals surface area contributed by atoms with Crippen LogP contribution in [-0.2, 0) is 9.59 Å². The zero-order valence-corrected chi connectivity index (χ0v) is 20.4. The maximum atomic E-state index is 12.9. The lowest BCUT2D eigenvalue weighted by Crippen LogP contribution is -2.32. The molecule has 0 aromatic heterocycles. The molecule has 6 nitrogen and oxygen atoms in total. The summed E-state index contributed by atoms with van der Waals surface area (Å²) in [4.78, 5) is 38.9. The maximum Gasteiger partial charge on any atom is 0.283 e. The van der Waals surface area contributed by atoms with Crippen LogP contribution >= 0.6 is 50.7 Å². The molecular weight excluding hydrogens is 553 g/mol. The average Bonchev–Trinajstić information content (AvgIpc) is 3.01. The fraction of sp³-hybridized carbons (Fsp3) is 0. The van der Waals surface area contributed by atoms with Crippen molar-refractivity contribution in [1.29, 1.82) is 0 Å². The molecule has 0 radical (unpaired) electrons. The summed E-state index contributed by atoms with van der Waals surface area (Å²) in [6.45, 7) is 0. The van der Waals surface area contributed by atoms with Crippen molar-refractivity contribution in [3.63, 3.8) is 0 Å². The fourth-order valence-electron chi connectivity index (χ4n) is 3.08. The number of imide groups is 1. The summed E-state index contributed by atoms with van der Waals surface area (Å²) in [5.74, 6) is -1.69. The van der Waals surface area contributed by atoms with Gasteiger partial charge in [-0.25, -0.2) is 4.90 Å². The molecule has 166 valence electrons. The summed E-state index contributed by atoms with van der Waals surface area (Å²) in [5, 5.41) is 5.62. The van der Waals surface area contributed by atoms with E-state index in [0.717, 1.165) is 9.37 Å². The Kier molecular flexibility index (Phi) is 6.76. The number of nitrogens with one attached hydrogen (secondary N) is 2. The molecule has 1 aliphatic heterocycles. The lowest BCUT2D eigenvalue weighted by atomic mass is 10.2. The van der Waals surface area contributed by atoms with Crippen LogP contribution in [0.15, 0.2) is 81.9 Å². The van der Waals surface area contributed by atoms with E-state index in [-0.39, 0.29) is 32.4 Å². The molecule has 4 rings (SSSR count). The van der Waals surface area contributed by atoms with Crippen LogP contribution in [0, 0.1) is 0 Å². The van der Waals surface area contributed by atoms with Gasteiger partial charge in [0, 0.05) is 21.4 Å². The third kappa shape index (κ3) is 4.77. The van der Waals surface area contributed by atoms with E-state index in [9.17, 15) is 14.4 Å². The zero-order valence-electron chi connectivity index (χ0n) is 16.5. The third-order valence-electron chi connectivity index (χ3n) is 4.72. The van der Waals surface area contributed by atoms with Gasteiger partial charge in [-0.15, -0.1) is 0 Å². The van der Waals surface area contributed by atoms with Crippen LogP contribution in [0.1, 0.15) is 10.4 Å². The van der Waals surface area contributed by atoms with Gasteiger partial charge in [0.25, 0.3) is 17.7 Å². The summed E-state index contributed by atoms with van der Waals surface area (Å²) >= 11 is 21.7. The Balaban J connectivity index is 1.50. The number of halogens is 4. The minimum Gasteiger partial charge on any atom is -0.350 e. The van der Waals surface area contributed by atoms with Crippen molar-refractivity contribution in [3.05, 3.63) is 97.5 Å². The van der Waals surface area contributed by atoms with Crippen LogP contribution in [0.25, 0.3) is 0 Å². The van der Waals surface area contributed by atoms with Crippen LogP contribution < -0.4 is 15.5 Å². The number of benzene rings is 3. The number of hydrogen-bond donors (Lipinski definition) is 2. The standard InChI is InChI=1S/C23H13BrCl3N3O3/c24-13-6-10-15(11-7-13)29-21(31)12-4-8-14(9-5-12)28-20-19(27)22(32)30(23(20)33)17-3-1-2-16(25)18(17)26/h1-11,28H,(H,29,31). The van der Waals surface area contributed by atoms with E-state index >= 15 is 0 Å². The quantitative estimate of drug-likeness (QED) is 0.349. The molecule has 0 unspecified atom stereocenters. The summed E-state index contributed by atoms with van der Waals surface area (Å²) in [6.07, 6.45) is 0. The number of carbonyl (C=O) groups excluding carboxylic acids is 3. The number of amides is 3. The summed E-state index contributed by atoms with van der Waals surface area (Å²) < 4.78 is 0.903. The van der Waals surface area contributed by atoms with E-state index < -0.39 is 11.8 Å². The molecule has 3 aromatic carbocycles. The van der Waals surface area contributed by atoms with Crippen LogP contribution in [0.2, 0.25) is 10.0 Å². The van der Waals surface area contributed by atoms with Crippen molar-refractivity contribution in [2.45, 2.75) is 0 Å². The molecule has 2 N–H and O–H groups in total. The van der Waals surface area contributed by atoms with Crippen LogP contribution in [0.5, 0.6) is 0 Å². The van der Waals surface area contributed by atoms with Crippen LogP contribution in [0.3, 0.4) is 0 Å². The predicted molar refractivity (Wildman–Crippen MR) is 134 cm³/mol. The second-order valence-electron chi connectivity index (χ2n) is 6.87. The van der Waals surface area contributed by atoms with E-state index in [1.165, 1.54) is 6.07 Å². The van der Waals surface area contributed by atoms with E-state index in [0.29, 0.717) is 16.9 Å². The summed E-state index contributed by atoms with van der Waals surface area (Å²) in [7, 11) is 0. The van der Waals surface area contributed by atoms with E-state index in [1.54, 1.807) is 48.5 Å². The van der Waals surface area contributed by atoms with E-state index in [4.69, 9.17) is 34.8 Å². The monoisotopic (exact) mass is 563 g/mol. The number of nitrogens with zero attached hydrogens (tertiary/aromatic N) is 1. The lowest BCUT2D eigenvalue weighted by molar-refractivity contribution is -0.120. The number of hydrogen-bond acceptors (Lipinski definition) is 4. The molecule has 33 heavy (non-hydrogen) atoms. The Labute approximate surface area is 212 Å². The highest BCUT2D eigenvalue weighted by molar-refractivity contribution is 9.10. The van der Waals surface area contributed by atoms with Gasteiger partial charge >= 0.3 is 0 Å². The van der Waals surface area contributed by atoms with Gasteiger partial charge in [-0.3, -0.25) is 14.4 Å². The number of carbonyl (C=O) groups is 3. The highest BCUT2D eigenvalue weighted by atomic mass is 79.9. The maximum absolute atomic E-state index is 12.9. The first kappa shape index (κ1) is 23.3. The Morgan fingerprint density at radius 1 is 0.818 bits per heavy atom. The van der Waals surface area contributed by atoms with Gasteiger partial charge in [-0.05, 0) is 60.7 Å². The molecule has 0 saturated carbocycles. The van der Waals surface area contributed by atoms with E-state index in [2.05, 4.69) is 26.6 Å². The van der Waals surface area contributed by atoms with Gasteiger partial charge in [-0.2, -0.15) is 0 Å². The predicted octanol–water partition coefficient (Wildman–Crippen LogP) is 6.44. The van der Waals surface area contributed by atoms with Gasteiger partial charge in [0.2, 0.25) is 0 Å². The molecule has 0 fully saturated rings. The Morgan fingerprint density at radius 2 is 1.45 bits per heavy atom. The molecule has 3 amide bonds. The van der Waals surface area contributed by atoms with Crippen molar-refractivity contribution in [1.82, 2.24) is 0 Å². The smallest absolute Gasteiger partial charge is 0.283 e. The first-order valence-electron chi connectivity index (χ1n) is 9.43. The second kappa shape index (κ2) is 9.57. The molecule has 0 atom stereocenters. The highest BCUT2D eigenvalue weighted by Crippen LogP contribution is 2.37. The van der Waals surface area contributed by atoms with Crippen LogP contribution in [-0.4, -0.2) is 17.7 Å². The molecular formula is C23H13BrCl3N3O3. The fourth-order valence-corrected chi connectivity index (χ4v) is 3.94. The summed E-state index contributed by atoms with van der Waals surface area (Å²) in [6, 6.07) is 18.1. The van der Waals surface area contributed by atoms with Crippen molar-refractivity contribution < 1.29 is 14.4 Å². The Morgan fingerprint density at radius 3 is 2.12 bits per heavy atom. The molecule has 1 aliphatic rings. The first-order chi connectivity index (χ1) is 15.8. The SMILES string of the molecule is O=C(Nc1ccc(Br)cc1)c1ccc(NC2=C(Cl)C(=O)N(c3cccc(Cl)c3Cl)C2=O)cc1. The van der Waals surface area contributed by atoms with Gasteiger partial charge in [0.15, 0.2) is 0 Å².